The molecule has 2 amide bonds. The molecule has 2 heterocycles. The first-order valence-electron chi connectivity index (χ1n) is 10.6. The molecule has 0 unspecified atom stereocenters. The van der Waals surface area contributed by atoms with Crippen LogP contribution in [0.15, 0.2) is 41.2 Å². The van der Waals surface area contributed by atoms with Gasteiger partial charge >= 0.3 is 0 Å². The highest BCUT2D eigenvalue weighted by molar-refractivity contribution is 7.90. The molecule has 1 N–H and O–H groups in total. The van der Waals surface area contributed by atoms with Crippen LogP contribution in [0.5, 0.6) is 0 Å². The zero-order valence-corrected chi connectivity index (χ0v) is 19.1. The summed E-state index contributed by atoms with van der Waals surface area (Å²) in [6.07, 6.45) is 2.76. The first-order valence-corrected chi connectivity index (χ1v) is 12.7. The largest absolute Gasteiger partial charge is 0.348 e. The molecule has 1 aliphatic heterocycles. The van der Waals surface area contributed by atoms with Crippen LogP contribution in [0.4, 0.5) is 0 Å². The number of carbonyl (C=O) groups excluding carboxylic acids is 2. The second kappa shape index (κ2) is 8.20. The summed E-state index contributed by atoms with van der Waals surface area (Å²) in [5.74, 6) is -0.720. The van der Waals surface area contributed by atoms with Gasteiger partial charge in [-0.3, -0.25) is 14.4 Å². The maximum absolute atomic E-state index is 13.0. The van der Waals surface area contributed by atoms with Crippen molar-refractivity contribution in [3.05, 3.63) is 69.1 Å². The van der Waals surface area contributed by atoms with E-state index in [1.807, 2.05) is 31.2 Å². The Morgan fingerprint density at radius 3 is 2.38 bits per heavy atom. The van der Waals surface area contributed by atoms with Crippen LogP contribution in [0.3, 0.4) is 0 Å². The number of aryl methyl sites for hydroxylation is 1. The van der Waals surface area contributed by atoms with Crippen molar-refractivity contribution in [1.29, 1.82) is 0 Å². The number of benzene rings is 1. The summed E-state index contributed by atoms with van der Waals surface area (Å²) in [6, 6.07) is 10.6. The first kappa shape index (κ1) is 22.3. The van der Waals surface area contributed by atoms with E-state index in [-0.39, 0.29) is 34.9 Å². The molecule has 1 fully saturated rings. The van der Waals surface area contributed by atoms with Crippen LogP contribution in [0.1, 0.15) is 44.8 Å². The lowest BCUT2D eigenvalue weighted by Gasteiger charge is -2.32. The number of pyridine rings is 1. The molecule has 2 aliphatic rings. The Hall–Kier alpha value is -2.94. The van der Waals surface area contributed by atoms with Crippen molar-refractivity contribution < 1.29 is 18.0 Å². The average molecular weight is 458 g/mol. The fourth-order valence-electron chi connectivity index (χ4n) is 4.26. The van der Waals surface area contributed by atoms with Gasteiger partial charge in [0.25, 0.3) is 17.4 Å². The molecule has 1 saturated carbocycles. The number of fused-ring (bicyclic) bond motifs is 1. The van der Waals surface area contributed by atoms with Crippen molar-refractivity contribution in [2.75, 3.05) is 25.1 Å². The van der Waals surface area contributed by atoms with Crippen LogP contribution in [0.25, 0.3) is 0 Å². The topological polar surface area (TPSA) is 106 Å². The second-order valence-corrected chi connectivity index (χ2v) is 11.2. The quantitative estimate of drug-likeness (QED) is 0.676. The summed E-state index contributed by atoms with van der Waals surface area (Å²) in [5, 5.41) is 2.76. The van der Waals surface area contributed by atoms with E-state index in [2.05, 4.69) is 5.32 Å². The van der Waals surface area contributed by atoms with Crippen molar-refractivity contribution in [2.45, 2.75) is 32.9 Å². The average Bonchev–Trinajstić information content (AvgIpc) is 3.47. The number of nitrogens with one attached hydrogen (secondary N) is 1. The highest BCUT2D eigenvalue weighted by Gasteiger charge is 2.47. The monoisotopic (exact) mass is 457 g/mol. The Balaban J connectivity index is 1.47. The predicted molar refractivity (Wildman–Crippen MR) is 120 cm³/mol. The molecule has 4 rings (SSSR count). The van der Waals surface area contributed by atoms with Crippen LogP contribution < -0.4 is 10.9 Å². The molecule has 1 aromatic carbocycles. The Kier molecular flexibility index (Phi) is 5.70. The van der Waals surface area contributed by atoms with Crippen LogP contribution in [0.2, 0.25) is 0 Å². The Morgan fingerprint density at radius 2 is 1.75 bits per heavy atom. The van der Waals surface area contributed by atoms with Crippen molar-refractivity contribution in [2.24, 2.45) is 5.41 Å². The molecule has 170 valence electrons. The van der Waals surface area contributed by atoms with Crippen LogP contribution in [-0.4, -0.2) is 54.8 Å². The lowest BCUT2D eigenvalue weighted by Crippen LogP contribution is -2.48. The van der Waals surface area contributed by atoms with E-state index >= 15 is 0 Å². The van der Waals surface area contributed by atoms with E-state index in [0.29, 0.717) is 19.6 Å². The molecular weight excluding hydrogens is 430 g/mol. The van der Waals surface area contributed by atoms with Gasteiger partial charge in [0, 0.05) is 37.8 Å². The third-order valence-corrected chi connectivity index (χ3v) is 7.28. The molecule has 0 bridgehead atoms. The zero-order chi connectivity index (χ0) is 23.1. The van der Waals surface area contributed by atoms with Crippen molar-refractivity contribution in [3.8, 4) is 0 Å². The fourth-order valence-corrected chi connectivity index (χ4v) is 5.76. The van der Waals surface area contributed by atoms with E-state index in [9.17, 15) is 22.8 Å². The molecule has 0 spiro atoms. The minimum absolute atomic E-state index is 0.00199. The van der Waals surface area contributed by atoms with Crippen LogP contribution >= 0.6 is 0 Å². The summed E-state index contributed by atoms with van der Waals surface area (Å²) in [5.41, 5.74) is 1.41. The van der Waals surface area contributed by atoms with E-state index in [4.69, 9.17) is 0 Å². The molecule has 1 aliphatic carbocycles. The van der Waals surface area contributed by atoms with Gasteiger partial charge in [0.15, 0.2) is 0 Å². The van der Waals surface area contributed by atoms with Gasteiger partial charge in [-0.15, -0.1) is 0 Å². The maximum atomic E-state index is 13.0. The molecule has 2 aromatic rings. The lowest BCUT2D eigenvalue weighted by molar-refractivity contribution is 0.0665. The number of aromatic nitrogens is 1. The van der Waals surface area contributed by atoms with Crippen LogP contribution in [-0.2, 0) is 22.9 Å². The maximum Gasteiger partial charge on any atom is 0.270 e. The Morgan fingerprint density at radius 1 is 1.06 bits per heavy atom. The van der Waals surface area contributed by atoms with Crippen molar-refractivity contribution >= 4 is 21.7 Å². The third-order valence-electron chi connectivity index (χ3n) is 6.14. The predicted octanol–water partition coefficient (Wildman–Crippen LogP) is 1.37. The van der Waals surface area contributed by atoms with Gasteiger partial charge in [-0.1, -0.05) is 29.8 Å². The summed E-state index contributed by atoms with van der Waals surface area (Å²) in [4.78, 5) is 40.1. The fraction of sp³-hybridized carbons (Fsp3) is 0.435. The highest BCUT2D eigenvalue weighted by atomic mass is 32.2. The summed E-state index contributed by atoms with van der Waals surface area (Å²) >= 11 is 0. The third kappa shape index (κ3) is 4.77. The van der Waals surface area contributed by atoms with Gasteiger partial charge in [-0.25, -0.2) is 8.42 Å². The standard InChI is InChI=1S/C23H27N3O5S/c1-16-3-5-17(6-4-16)13-24-20(27)18-7-8-19-22(29)25(11-12-26(19)21(18)28)14-23(9-10-23)15-32(2,30)31/h3-8H,9-15H2,1-2H3,(H,24,27). The number of sulfone groups is 1. The number of rotatable bonds is 7. The van der Waals surface area contributed by atoms with E-state index in [0.717, 1.165) is 24.0 Å². The molecule has 0 radical (unpaired) electrons. The van der Waals surface area contributed by atoms with Gasteiger partial charge in [-0.2, -0.15) is 0 Å². The SMILES string of the molecule is Cc1ccc(CNC(=O)c2ccc3n(c2=O)CCN(CC2(CS(C)(=O)=O)CC2)C3=O)cc1. The minimum atomic E-state index is -3.14. The normalized spacial score (nSPS) is 17.1. The van der Waals surface area contributed by atoms with E-state index in [1.165, 1.54) is 23.0 Å². The smallest absolute Gasteiger partial charge is 0.270 e. The molecule has 9 heteroatoms. The number of amides is 2. The molecule has 1 aromatic heterocycles. The van der Waals surface area contributed by atoms with E-state index in [1.54, 1.807) is 4.90 Å². The molecular formula is C23H27N3O5S. The van der Waals surface area contributed by atoms with Gasteiger partial charge < -0.3 is 14.8 Å². The first-order chi connectivity index (χ1) is 15.1. The lowest BCUT2D eigenvalue weighted by atomic mass is 10.1. The number of nitrogens with zero attached hydrogens (tertiary/aromatic N) is 2. The highest BCUT2D eigenvalue weighted by Crippen LogP contribution is 2.47. The number of carbonyl (C=O) groups is 2. The number of hydrogen-bond acceptors (Lipinski definition) is 5. The van der Waals surface area contributed by atoms with Gasteiger partial charge in [-0.05, 0) is 37.5 Å². The summed E-state index contributed by atoms with van der Waals surface area (Å²) < 4.78 is 24.8. The van der Waals surface area contributed by atoms with Gasteiger partial charge in [0.05, 0.1) is 5.75 Å². The van der Waals surface area contributed by atoms with Gasteiger partial charge in [0.1, 0.15) is 21.1 Å². The van der Waals surface area contributed by atoms with Crippen molar-refractivity contribution in [3.63, 3.8) is 0 Å². The molecule has 32 heavy (non-hydrogen) atoms. The minimum Gasteiger partial charge on any atom is -0.348 e. The zero-order valence-electron chi connectivity index (χ0n) is 18.3. The molecule has 8 nitrogen and oxygen atoms in total. The van der Waals surface area contributed by atoms with Crippen molar-refractivity contribution in [1.82, 2.24) is 14.8 Å². The van der Waals surface area contributed by atoms with Crippen LogP contribution in [0, 0.1) is 12.3 Å². The Labute approximate surface area is 187 Å². The molecule has 0 atom stereocenters. The van der Waals surface area contributed by atoms with E-state index < -0.39 is 21.3 Å². The summed E-state index contributed by atoms with van der Waals surface area (Å²) in [7, 11) is -3.14. The number of hydrogen-bond donors (Lipinski definition) is 1. The second-order valence-electron chi connectivity index (χ2n) is 9.05. The Bertz CT molecular complexity index is 1230. The van der Waals surface area contributed by atoms with Gasteiger partial charge in [0.2, 0.25) is 0 Å². The molecule has 0 saturated heterocycles. The summed E-state index contributed by atoms with van der Waals surface area (Å²) in [6.45, 7) is 3.23.